The number of sulfone groups is 1. The Morgan fingerprint density at radius 3 is 2.42 bits per heavy atom. The van der Waals surface area contributed by atoms with Crippen molar-refractivity contribution in [2.24, 2.45) is 17.8 Å². The zero-order valence-corrected chi connectivity index (χ0v) is 12.2. The molecule has 0 amide bonds. The maximum absolute atomic E-state index is 11.7. The molecule has 2 saturated carbocycles. The summed E-state index contributed by atoms with van der Waals surface area (Å²) >= 11 is 0. The normalized spacial score (nSPS) is 43.4. The average molecular weight is 281 g/mol. The highest BCUT2D eigenvalue weighted by molar-refractivity contribution is 7.91. The van der Waals surface area contributed by atoms with E-state index in [4.69, 9.17) is 0 Å². The van der Waals surface area contributed by atoms with Crippen molar-refractivity contribution < 1.29 is 8.42 Å². The van der Waals surface area contributed by atoms with Crippen LogP contribution in [0.5, 0.6) is 0 Å². The molecule has 4 heteroatoms. The molecule has 106 valence electrons. The number of rotatable bonds is 4. The van der Waals surface area contributed by atoms with Crippen molar-refractivity contribution in [3.8, 4) is 0 Å². The first-order valence-electron chi connectivity index (χ1n) is 7.75. The third-order valence-corrected chi connectivity index (χ3v) is 7.31. The largest absolute Gasteiger partial charge is 0.296 e. The minimum atomic E-state index is -2.75. The first-order chi connectivity index (χ1) is 9.11. The van der Waals surface area contributed by atoms with Gasteiger partial charge in [0.2, 0.25) is 0 Å². The molecule has 1 heterocycles. The highest BCUT2D eigenvalue weighted by atomic mass is 32.2. The van der Waals surface area contributed by atoms with Crippen LogP contribution in [0, 0.1) is 17.8 Å². The van der Waals surface area contributed by atoms with Crippen LogP contribution in [0.3, 0.4) is 0 Å². The Hall–Kier alpha value is -0.350. The second-order valence-corrected chi connectivity index (χ2v) is 9.25. The van der Waals surface area contributed by atoms with Crippen molar-refractivity contribution in [3.63, 3.8) is 0 Å². The fourth-order valence-electron chi connectivity index (χ4n) is 4.41. The predicted octanol–water partition coefficient (Wildman–Crippen LogP) is 1.85. The summed E-state index contributed by atoms with van der Waals surface area (Å²) in [5.74, 6) is 3.23. The van der Waals surface area contributed by atoms with Crippen molar-refractivity contribution in [1.29, 1.82) is 0 Å². The molecule has 3 fully saturated rings. The van der Waals surface area contributed by atoms with E-state index in [-0.39, 0.29) is 0 Å². The summed E-state index contributed by atoms with van der Waals surface area (Å²) in [4.78, 5) is 2.57. The van der Waals surface area contributed by atoms with Crippen LogP contribution in [-0.2, 0) is 9.84 Å². The van der Waals surface area contributed by atoms with Crippen LogP contribution in [0.15, 0.2) is 12.2 Å². The first kappa shape index (κ1) is 12.4. The predicted molar refractivity (Wildman–Crippen MR) is 75.6 cm³/mol. The lowest BCUT2D eigenvalue weighted by molar-refractivity contribution is 0.159. The zero-order valence-electron chi connectivity index (χ0n) is 11.4. The van der Waals surface area contributed by atoms with E-state index in [9.17, 15) is 8.42 Å². The molecule has 19 heavy (non-hydrogen) atoms. The summed E-state index contributed by atoms with van der Waals surface area (Å²) in [6.45, 7) is 1.15. The molecule has 1 aliphatic heterocycles. The van der Waals surface area contributed by atoms with Crippen LogP contribution in [0.2, 0.25) is 0 Å². The molecule has 2 bridgehead atoms. The maximum atomic E-state index is 11.7. The molecule has 0 spiro atoms. The fraction of sp³-hybridized carbons (Fsp3) is 0.867. The lowest BCUT2D eigenvalue weighted by atomic mass is 9.92. The van der Waals surface area contributed by atoms with E-state index < -0.39 is 9.84 Å². The molecule has 4 rings (SSSR count). The molecule has 0 N–H and O–H groups in total. The van der Waals surface area contributed by atoms with E-state index in [1.54, 1.807) is 0 Å². The van der Waals surface area contributed by atoms with Crippen molar-refractivity contribution in [2.75, 3.05) is 18.1 Å². The topological polar surface area (TPSA) is 37.4 Å². The van der Waals surface area contributed by atoms with Gasteiger partial charge in [-0.3, -0.25) is 4.90 Å². The Morgan fingerprint density at radius 2 is 1.89 bits per heavy atom. The third-order valence-electron chi connectivity index (χ3n) is 5.56. The summed E-state index contributed by atoms with van der Waals surface area (Å²) in [5, 5.41) is 0. The second kappa shape index (κ2) is 4.32. The Morgan fingerprint density at radius 1 is 1.05 bits per heavy atom. The van der Waals surface area contributed by atoms with Gasteiger partial charge in [-0.15, -0.1) is 0 Å². The van der Waals surface area contributed by atoms with E-state index in [0.717, 1.165) is 30.7 Å². The second-order valence-electron chi connectivity index (χ2n) is 7.03. The summed E-state index contributed by atoms with van der Waals surface area (Å²) in [7, 11) is -2.75. The summed E-state index contributed by atoms with van der Waals surface area (Å²) < 4.78 is 23.4. The quantitative estimate of drug-likeness (QED) is 0.738. The molecule has 0 aromatic heterocycles. The molecule has 3 aliphatic carbocycles. The van der Waals surface area contributed by atoms with Crippen LogP contribution in [-0.4, -0.2) is 43.5 Å². The van der Waals surface area contributed by atoms with E-state index in [0.29, 0.717) is 23.6 Å². The first-order valence-corrected chi connectivity index (χ1v) is 9.57. The summed E-state index contributed by atoms with van der Waals surface area (Å²) in [5.41, 5.74) is 0. The van der Waals surface area contributed by atoms with Crippen LogP contribution in [0.25, 0.3) is 0 Å². The van der Waals surface area contributed by atoms with Crippen molar-refractivity contribution in [1.82, 2.24) is 4.90 Å². The Bertz CT molecular complexity index is 494. The number of nitrogens with zero attached hydrogens (tertiary/aromatic N) is 1. The van der Waals surface area contributed by atoms with Crippen LogP contribution < -0.4 is 0 Å². The van der Waals surface area contributed by atoms with Gasteiger partial charge in [0.25, 0.3) is 0 Å². The SMILES string of the molecule is O=S1(=O)CC[C@H](N(C[C@@H]2C[C@H]3C=C[C@H]2C3)C2CC2)C1. The van der Waals surface area contributed by atoms with Gasteiger partial charge in [0.15, 0.2) is 9.84 Å². The zero-order chi connectivity index (χ0) is 13.0. The minimum Gasteiger partial charge on any atom is -0.296 e. The Balaban J connectivity index is 1.46. The van der Waals surface area contributed by atoms with Gasteiger partial charge in [0, 0.05) is 18.6 Å². The van der Waals surface area contributed by atoms with Gasteiger partial charge in [-0.05, 0) is 49.9 Å². The van der Waals surface area contributed by atoms with Gasteiger partial charge in [-0.1, -0.05) is 12.2 Å². The lowest BCUT2D eigenvalue weighted by Crippen LogP contribution is -2.42. The highest BCUT2D eigenvalue weighted by Gasteiger charge is 2.43. The maximum Gasteiger partial charge on any atom is 0.151 e. The van der Waals surface area contributed by atoms with Crippen LogP contribution in [0.1, 0.15) is 32.1 Å². The van der Waals surface area contributed by atoms with E-state index >= 15 is 0 Å². The van der Waals surface area contributed by atoms with E-state index in [1.807, 2.05) is 0 Å². The highest BCUT2D eigenvalue weighted by Crippen LogP contribution is 2.45. The van der Waals surface area contributed by atoms with Crippen molar-refractivity contribution in [2.45, 2.75) is 44.2 Å². The van der Waals surface area contributed by atoms with Gasteiger partial charge in [-0.25, -0.2) is 8.42 Å². The molecular weight excluding hydrogens is 258 g/mol. The summed E-state index contributed by atoms with van der Waals surface area (Å²) in [6, 6.07) is 1.02. The number of fused-ring (bicyclic) bond motifs is 2. The lowest BCUT2D eigenvalue weighted by Gasteiger charge is -2.32. The number of hydrogen-bond donors (Lipinski definition) is 0. The molecule has 0 radical (unpaired) electrons. The van der Waals surface area contributed by atoms with Crippen molar-refractivity contribution in [3.05, 3.63) is 12.2 Å². The molecule has 0 aromatic carbocycles. The average Bonchev–Trinajstić information content (AvgIpc) is 2.82. The fourth-order valence-corrected chi connectivity index (χ4v) is 6.16. The minimum absolute atomic E-state index is 0.320. The number of hydrogen-bond acceptors (Lipinski definition) is 3. The van der Waals surface area contributed by atoms with Gasteiger partial charge in [-0.2, -0.15) is 0 Å². The standard InChI is InChI=1S/C15H23NO2S/c17-19(18)6-5-15(10-19)16(14-3-4-14)9-13-8-11-1-2-12(13)7-11/h1-2,11-15H,3-10H2/t11-,12-,13-,15-/m0/s1. The molecule has 4 aliphatic rings. The monoisotopic (exact) mass is 281 g/mol. The van der Waals surface area contributed by atoms with Crippen molar-refractivity contribution >= 4 is 9.84 Å². The van der Waals surface area contributed by atoms with Gasteiger partial charge in [0.1, 0.15) is 0 Å². The Kier molecular flexibility index (Phi) is 2.82. The Labute approximate surface area is 116 Å². The van der Waals surface area contributed by atoms with Crippen LogP contribution in [0.4, 0.5) is 0 Å². The molecule has 4 atom stereocenters. The van der Waals surface area contributed by atoms with Gasteiger partial charge < -0.3 is 0 Å². The van der Waals surface area contributed by atoms with E-state index in [2.05, 4.69) is 17.1 Å². The van der Waals surface area contributed by atoms with E-state index in [1.165, 1.54) is 25.7 Å². The summed E-state index contributed by atoms with van der Waals surface area (Å²) in [6.07, 6.45) is 10.9. The molecular formula is C15H23NO2S. The third kappa shape index (κ3) is 2.38. The molecule has 1 saturated heterocycles. The van der Waals surface area contributed by atoms with Gasteiger partial charge in [0.05, 0.1) is 11.5 Å². The smallest absolute Gasteiger partial charge is 0.151 e. The molecule has 0 aromatic rings. The van der Waals surface area contributed by atoms with Crippen LogP contribution >= 0.6 is 0 Å². The number of allylic oxidation sites excluding steroid dienone is 2. The molecule has 0 unspecified atom stereocenters. The van der Waals surface area contributed by atoms with Gasteiger partial charge >= 0.3 is 0 Å². The molecule has 3 nitrogen and oxygen atoms in total.